The third kappa shape index (κ3) is 4.84. The molecule has 126 valence electrons. The van der Waals surface area contributed by atoms with Gasteiger partial charge >= 0.3 is 0 Å². The van der Waals surface area contributed by atoms with Crippen molar-refractivity contribution in [2.45, 2.75) is 11.3 Å². The molecular formula is C13H22ClN3O4S. The van der Waals surface area contributed by atoms with Crippen LogP contribution in [0.2, 0.25) is 0 Å². The topological polar surface area (TPSA) is 102 Å². The second kappa shape index (κ2) is 8.94. The van der Waals surface area contributed by atoms with Crippen LogP contribution in [0.25, 0.3) is 0 Å². The Balaban J connectivity index is 0.00000441. The van der Waals surface area contributed by atoms with Gasteiger partial charge < -0.3 is 15.8 Å². The number of halogens is 1. The first kappa shape index (κ1) is 20.6. The molecule has 0 fully saturated rings. The lowest BCUT2D eigenvalue weighted by Crippen LogP contribution is -2.27. The lowest BCUT2D eigenvalue weighted by atomic mass is 10.2. The number of ether oxygens (including phenoxy) is 1. The molecule has 0 atom stereocenters. The fourth-order valence-corrected chi connectivity index (χ4v) is 2.70. The van der Waals surface area contributed by atoms with Crippen LogP contribution < -0.4 is 15.8 Å². The Hall–Kier alpha value is -1.35. The molecule has 9 heteroatoms. The van der Waals surface area contributed by atoms with E-state index in [9.17, 15) is 13.2 Å². The van der Waals surface area contributed by atoms with E-state index in [0.29, 0.717) is 19.5 Å². The number of nitrogens with one attached hydrogen (secondary N) is 1. The Morgan fingerprint density at radius 3 is 2.50 bits per heavy atom. The summed E-state index contributed by atoms with van der Waals surface area (Å²) in [6.07, 6.45) is 0.657. The third-order valence-electron chi connectivity index (χ3n) is 2.85. The fourth-order valence-electron chi connectivity index (χ4n) is 1.62. The second-order valence-corrected chi connectivity index (χ2v) is 6.67. The minimum absolute atomic E-state index is 0. The van der Waals surface area contributed by atoms with Crippen LogP contribution in [0.1, 0.15) is 16.8 Å². The van der Waals surface area contributed by atoms with Gasteiger partial charge in [0, 0.05) is 26.2 Å². The van der Waals surface area contributed by atoms with E-state index in [2.05, 4.69) is 5.32 Å². The minimum atomic E-state index is -3.69. The molecule has 0 aliphatic rings. The molecule has 1 amide bonds. The first-order valence-electron chi connectivity index (χ1n) is 6.43. The monoisotopic (exact) mass is 351 g/mol. The van der Waals surface area contributed by atoms with E-state index in [1.165, 1.54) is 39.4 Å². The lowest BCUT2D eigenvalue weighted by molar-refractivity contribution is 0.0953. The van der Waals surface area contributed by atoms with Crippen molar-refractivity contribution in [2.75, 3.05) is 34.3 Å². The summed E-state index contributed by atoms with van der Waals surface area (Å²) in [7, 11) is 0.526. The third-order valence-corrected chi connectivity index (χ3v) is 4.69. The number of hydrogen-bond acceptors (Lipinski definition) is 5. The quantitative estimate of drug-likeness (QED) is 0.694. The molecule has 0 saturated heterocycles. The highest BCUT2D eigenvalue weighted by molar-refractivity contribution is 7.89. The molecule has 0 bridgehead atoms. The maximum Gasteiger partial charge on any atom is 0.251 e. The zero-order valence-corrected chi connectivity index (χ0v) is 14.5. The number of nitrogens with zero attached hydrogens (tertiary/aromatic N) is 1. The summed E-state index contributed by atoms with van der Waals surface area (Å²) < 4.78 is 30.6. The lowest BCUT2D eigenvalue weighted by Gasteiger charge is -2.15. The summed E-state index contributed by atoms with van der Waals surface area (Å²) in [4.78, 5) is 11.9. The van der Waals surface area contributed by atoms with Crippen molar-refractivity contribution in [3.8, 4) is 5.75 Å². The molecule has 0 unspecified atom stereocenters. The molecule has 0 aromatic heterocycles. The smallest absolute Gasteiger partial charge is 0.251 e. The van der Waals surface area contributed by atoms with Crippen LogP contribution in [0.5, 0.6) is 5.75 Å². The summed E-state index contributed by atoms with van der Waals surface area (Å²) in [5.41, 5.74) is 5.61. The Kier molecular flexibility index (Phi) is 8.39. The van der Waals surface area contributed by atoms with Gasteiger partial charge in [0.05, 0.1) is 7.11 Å². The molecule has 22 heavy (non-hydrogen) atoms. The van der Waals surface area contributed by atoms with Gasteiger partial charge in [0.25, 0.3) is 5.91 Å². The van der Waals surface area contributed by atoms with E-state index < -0.39 is 10.0 Å². The van der Waals surface area contributed by atoms with Crippen LogP contribution in [0.15, 0.2) is 23.1 Å². The van der Waals surface area contributed by atoms with Crippen molar-refractivity contribution in [3.05, 3.63) is 23.8 Å². The molecule has 0 radical (unpaired) electrons. The standard InChI is InChI=1S/C13H21N3O4S.ClH/c1-16(2)21(18,19)12-9-10(5-6-11(12)20-3)13(17)15-8-4-7-14;/h5-6,9H,4,7-8,14H2,1-3H3,(H,15,17);1H. The van der Waals surface area contributed by atoms with Crippen LogP contribution in [-0.4, -0.2) is 52.9 Å². The van der Waals surface area contributed by atoms with Gasteiger partial charge in [0.2, 0.25) is 10.0 Å². The number of rotatable bonds is 7. The van der Waals surface area contributed by atoms with Crippen LogP contribution in [0, 0.1) is 0 Å². The molecule has 0 spiro atoms. The summed E-state index contributed by atoms with van der Waals surface area (Å²) in [6.45, 7) is 0.917. The van der Waals surface area contributed by atoms with Gasteiger partial charge in [-0.1, -0.05) is 0 Å². The van der Waals surface area contributed by atoms with Crippen LogP contribution in [0.4, 0.5) is 0 Å². The SMILES string of the molecule is COc1ccc(C(=O)NCCCN)cc1S(=O)(=O)N(C)C.Cl. The maximum absolute atomic E-state index is 12.2. The molecule has 7 nitrogen and oxygen atoms in total. The van der Waals surface area contributed by atoms with Crippen molar-refractivity contribution in [3.63, 3.8) is 0 Å². The van der Waals surface area contributed by atoms with Crippen LogP contribution in [-0.2, 0) is 10.0 Å². The number of hydrogen-bond donors (Lipinski definition) is 2. The average Bonchev–Trinajstić information content (AvgIpc) is 2.46. The number of amides is 1. The Morgan fingerprint density at radius 1 is 1.36 bits per heavy atom. The van der Waals surface area contributed by atoms with Gasteiger partial charge in [-0.3, -0.25) is 4.79 Å². The highest BCUT2D eigenvalue weighted by atomic mass is 35.5. The van der Waals surface area contributed by atoms with Crippen LogP contribution in [0.3, 0.4) is 0 Å². The van der Waals surface area contributed by atoms with Gasteiger partial charge in [-0.2, -0.15) is 0 Å². The zero-order chi connectivity index (χ0) is 16.0. The molecule has 0 aliphatic heterocycles. The van der Waals surface area contributed by atoms with Gasteiger partial charge in [0.15, 0.2) is 0 Å². The van der Waals surface area contributed by atoms with Crippen molar-refractivity contribution < 1.29 is 17.9 Å². The molecule has 3 N–H and O–H groups in total. The van der Waals surface area contributed by atoms with Gasteiger partial charge in [-0.15, -0.1) is 12.4 Å². The van der Waals surface area contributed by atoms with Crippen molar-refractivity contribution >= 4 is 28.3 Å². The minimum Gasteiger partial charge on any atom is -0.495 e. The Labute approximate surface area is 137 Å². The van der Waals surface area contributed by atoms with Crippen molar-refractivity contribution in [2.24, 2.45) is 5.73 Å². The first-order chi connectivity index (χ1) is 9.84. The Morgan fingerprint density at radius 2 is 2.00 bits per heavy atom. The highest BCUT2D eigenvalue weighted by Crippen LogP contribution is 2.26. The molecule has 1 aromatic carbocycles. The van der Waals surface area contributed by atoms with E-state index >= 15 is 0 Å². The molecule has 1 rings (SSSR count). The zero-order valence-electron chi connectivity index (χ0n) is 12.8. The number of carbonyl (C=O) groups excluding carboxylic acids is 1. The van der Waals surface area contributed by atoms with E-state index in [4.69, 9.17) is 10.5 Å². The van der Waals surface area contributed by atoms with E-state index in [0.717, 1.165) is 4.31 Å². The predicted octanol–water partition coefficient (Wildman–Crippen LogP) is 0.446. The van der Waals surface area contributed by atoms with E-state index in [1.807, 2.05) is 0 Å². The number of benzene rings is 1. The maximum atomic E-state index is 12.2. The largest absolute Gasteiger partial charge is 0.495 e. The summed E-state index contributed by atoms with van der Waals surface area (Å²) in [5.74, 6) is -0.150. The summed E-state index contributed by atoms with van der Waals surface area (Å²) in [5, 5.41) is 2.68. The Bertz CT molecular complexity index is 605. The summed E-state index contributed by atoms with van der Waals surface area (Å²) in [6, 6.07) is 4.30. The number of sulfonamides is 1. The number of methoxy groups -OCH3 is 1. The molecule has 0 heterocycles. The van der Waals surface area contributed by atoms with Gasteiger partial charge in [0.1, 0.15) is 10.6 Å². The van der Waals surface area contributed by atoms with Gasteiger partial charge in [-0.25, -0.2) is 12.7 Å². The first-order valence-corrected chi connectivity index (χ1v) is 7.87. The van der Waals surface area contributed by atoms with Gasteiger partial charge in [-0.05, 0) is 31.2 Å². The fraction of sp³-hybridized carbons (Fsp3) is 0.462. The normalized spacial score (nSPS) is 11.0. The summed E-state index contributed by atoms with van der Waals surface area (Å²) >= 11 is 0. The second-order valence-electron chi connectivity index (χ2n) is 4.55. The molecule has 0 aliphatic carbocycles. The van der Waals surface area contributed by atoms with E-state index in [1.54, 1.807) is 0 Å². The predicted molar refractivity (Wildman–Crippen MR) is 87.1 cm³/mol. The highest BCUT2D eigenvalue weighted by Gasteiger charge is 2.23. The molecular weight excluding hydrogens is 330 g/mol. The van der Waals surface area contributed by atoms with Crippen molar-refractivity contribution in [1.82, 2.24) is 9.62 Å². The average molecular weight is 352 g/mol. The molecule has 0 saturated carbocycles. The van der Waals surface area contributed by atoms with E-state index in [-0.39, 0.29) is 34.5 Å². The number of nitrogens with two attached hydrogens (primary N) is 1. The molecule has 1 aromatic rings. The number of carbonyl (C=O) groups is 1. The van der Waals surface area contributed by atoms with Crippen LogP contribution >= 0.6 is 12.4 Å². The van der Waals surface area contributed by atoms with Crippen molar-refractivity contribution in [1.29, 1.82) is 0 Å².